The third-order valence-corrected chi connectivity index (χ3v) is 6.55. The van der Waals surface area contributed by atoms with Gasteiger partial charge in [0.2, 0.25) is 11.8 Å². The highest BCUT2D eigenvalue weighted by Gasteiger charge is 2.75. The highest BCUT2D eigenvalue weighted by molar-refractivity contribution is 6.23. The number of fused-ring (bicyclic) bond motifs is 5. The smallest absolute Gasteiger partial charge is 0.384 e. The van der Waals surface area contributed by atoms with E-state index in [2.05, 4.69) is 0 Å². The molecule has 2 bridgehead atoms. The number of amides is 2. The molecule has 4 rings (SSSR count). The van der Waals surface area contributed by atoms with Crippen molar-refractivity contribution in [3.63, 3.8) is 0 Å². The van der Waals surface area contributed by atoms with Gasteiger partial charge in [-0.2, -0.15) is 18.4 Å². The van der Waals surface area contributed by atoms with E-state index in [4.69, 9.17) is 14.7 Å². The van der Waals surface area contributed by atoms with Gasteiger partial charge in [0.1, 0.15) is 0 Å². The fourth-order valence-electron chi connectivity index (χ4n) is 5.37. The number of methoxy groups -OCH3 is 1. The zero-order chi connectivity index (χ0) is 21.4. The average Bonchev–Trinajstić information content (AvgIpc) is 3.15. The number of anilines is 1. The van der Waals surface area contributed by atoms with Gasteiger partial charge in [-0.05, 0) is 38.5 Å². The zero-order valence-corrected chi connectivity index (χ0v) is 16.0. The Bertz CT molecular complexity index is 956. The number of carbonyl (C=O) groups is 2. The zero-order valence-electron chi connectivity index (χ0n) is 16.0. The lowest BCUT2D eigenvalue weighted by Gasteiger charge is -2.34. The Labute approximate surface area is 165 Å². The van der Waals surface area contributed by atoms with Crippen LogP contribution < -0.4 is 4.90 Å². The summed E-state index contributed by atoms with van der Waals surface area (Å²) in [5.74, 6) is -2.82. The second-order valence-electron chi connectivity index (χ2n) is 8.26. The molecule has 0 N–H and O–H groups in total. The van der Waals surface area contributed by atoms with Crippen LogP contribution in [-0.4, -0.2) is 36.7 Å². The van der Waals surface area contributed by atoms with E-state index in [1.807, 2.05) is 0 Å². The molecule has 0 radical (unpaired) electrons. The molecule has 0 spiro atoms. The van der Waals surface area contributed by atoms with Crippen molar-refractivity contribution in [1.29, 1.82) is 5.26 Å². The molecule has 3 aliphatic heterocycles. The normalized spacial score (nSPS) is 35.9. The van der Waals surface area contributed by atoms with E-state index < -0.39 is 52.2 Å². The number of benzene rings is 1. The molecule has 5 atom stereocenters. The van der Waals surface area contributed by atoms with Crippen LogP contribution in [0.5, 0.6) is 0 Å². The van der Waals surface area contributed by atoms with E-state index in [0.29, 0.717) is 19.1 Å². The molecule has 3 fully saturated rings. The molecule has 154 valence electrons. The minimum atomic E-state index is -4.79. The van der Waals surface area contributed by atoms with Crippen molar-refractivity contribution in [2.24, 2.45) is 17.8 Å². The van der Waals surface area contributed by atoms with Crippen LogP contribution in [-0.2, 0) is 25.2 Å². The molecule has 29 heavy (non-hydrogen) atoms. The molecule has 3 aliphatic rings. The SMILES string of the molecule is COC[C@@H]1CC2(C)OC1(C)[C@@H]1C(=O)N(c3ccc(C#N)c(C(F)(F)F)c3)C(=O)[C@@H]12. The molecule has 1 aromatic rings. The van der Waals surface area contributed by atoms with E-state index in [9.17, 15) is 22.8 Å². The van der Waals surface area contributed by atoms with Crippen molar-refractivity contribution in [2.75, 3.05) is 18.6 Å². The van der Waals surface area contributed by atoms with Crippen molar-refractivity contribution in [1.82, 2.24) is 0 Å². The van der Waals surface area contributed by atoms with Gasteiger partial charge >= 0.3 is 6.18 Å². The van der Waals surface area contributed by atoms with Crippen LogP contribution in [0.3, 0.4) is 0 Å². The van der Waals surface area contributed by atoms with Gasteiger partial charge in [0.05, 0.1) is 52.5 Å². The van der Waals surface area contributed by atoms with Crippen LogP contribution in [0.1, 0.15) is 31.4 Å². The Morgan fingerprint density at radius 2 is 1.93 bits per heavy atom. The van der Waals surface area contributed by atoms with Gasteiger partial charge in [0, 0.05) is 13.0 Å². The van der Waals surface area contributed by atoms with Crippen LogP contribution in [0, 0.1) is 29.1 Å². The first kappa shape index (κ1) is 19.9. The first-order valence-electron chi connectivity index (χ1n) is 9.16. The second-order valence-corrected chi connectivity index (χ2v) is 8.26. The Kier molecular flexibility index (Phi) is 4.13. The summed E-state index contributed by atoms with van der Waals surface area (Å²) in [7, 11) is 1.54. The van der Waals surface area contributed by atoms with E-state index in [1.54, 1.807) is 21.0 Å². The van der Waals surface area contributed by atoms with Crippen LogP contribution in [0.25, 0.3) is 0 Å². The number of rotatable bonds is 3. The third-order valence-electron chi connectivity index (χ3n) is 6.55. The monoisotopic (exact) mass is 408 g/mol. The second kappa shape index (κ2) is 6.03. The topological polar surface area (TPSA) is 79.6 Å². The minimum absolute atomic E-state index is 0.109. The number of alkyl halides is 3. The summed E-state index contributed by atoms with van der Waals surface area (Å²) in [6, 6.07) is 4.37. The van der Waals surface area contributed by atoms with Crippen molar-refractivity contribution in [3.8, 4) is 6.07 Å². The van der Waals surface area contributed by atoms with Gasteiger partial charge in [-0.3, -0.25) is 9.59 Å². The number of carbonyl (C=O) groups excluding carboxylic acids is 2. The minimum Gasteiger partial charge on any atom is -0.384 e. The maximum Gasteiger partial charge on any atom is 0.417 e. The lowest BCUT2D eigenvalue weighted by Crippen LogP contribution is -2.47. The Morgan fingerprint density at radius 3 is 2.52 bits per heavy atom. The lowest BCUT2D eigenvalue weighted by atomic mass is 9.64. The van der Waals surface area contributed by atoms with Crippen molar-refractivity contribution in [3.05, 3.63) is 29.3 Å². The Balaban J connectivity index is 1.78. The molecule has 2 amide bonds. The third kappa shape index (κ3) is 2.55. The molecule has 0 aromatic heterocycles. The highest BCUT2D eigenvalue weighted by Crippen LogP contribution is 2.63. The van der Waals surface area contributed by atoms with Crippen LogP contribution in [0.2, 0.25) is 0 Å². The first-order chi connectivity index (χ1) is 13.5. The molecule has 3 heterocycles. The summed E-state index contributed by atoms with van der Waals surface area (Å²) >= 11 is 0. The van der Waals surface area contributed by atoms with Gasteiger partial charge in [-0.15, -0.1) is 0 Å². The van der Waals surface area contributed by atoms with Crippen LogP contribution in [0.15, 0.2) is 18.2 Å². The maximum atomic E-state index is 13.3. The van der Waals surface area contributed by atoms with Crippen LogP contribution in [0.4, 0.5) is 18.9 Å². The van der Waals surface area contributed by atoms with Gasteiger partial charge in [0.15, 0.2) is 0 Å². The van der Waals surface area contributed by atoms with Crippen molar-refractivity contribution in [2.45, 2.75) is 37.6 Å². The fourth-order valence-corrected chi connectivity index (χ4v) is 5.37. The maximum absolute atomic E-state index is 13.3. The summed E-state index contributed by atoms with van der Waals surface area (Å²) in [5.41, 5.74) is -3.75. The number of hydrogen-bond acceptors (Lipinski definition) is 5. The quantitative estimate of drug-likeness (QED) is 0.719. The first-order valence-corrected chi connectivity index (χ1v) is 9.16. The Morgan fingerprint density at radius 1 is 1.28 bits per heavy atom. The predicted octanol–water partition coefficient (Wildman–Crippen LogP) is 2.90. The number of nitriles is 1. The summed E-state index contributed by atoms with van der Waals surface area (Å²) < 4.78 is 51.4. The molecule has 0 aliphatic carbocycles. The molecule has 3 saturated heterocycles. The number of imide groups is 1. The molecule has 2 unspecified atom stereocenters. The molecule has 0 saturated carbocycles. The van der Waals surface area contributed by atoms with E-state index in [0.717, 1.165) is 11.0 Å². The number of halogens is 3. The number of hydrogen-bond donors (Lipinski definition) is 0. The van der Waals surface area contributed by atoms with Gasteiger partial charge in [0.25, 0.3) is 0 Å². The highest BCUT2D eigenvalue weighted by atomic mass is 19.4. The van der Waals surface area contributed by atoms with Crippen molar-refractivity contribution >= 4 is 17.5 Å². The number of ether oxygens (including phenoxy) is 2. The van der Waals surface area contributed by atoms with Crippen LogP contribution >= 0.6 is 0 Å². The predicted molar refractivity (Wildman–Crippen MR) is 93.5 cm³/mol. The van der Waals surface area contributed by atoms with Gasteiger partial charge in [-0.25, -0.2) is 4.90 Å². The Hall–Kier alpha value is -2.44. The standard InChI is InChI=1S/C20H19F3N2O4/c1-18-7-11(9-28-3)19(2,29-18)15-14(18)16(26)25(17(15)27)12-5-4-10(8-24)13(6-12)20(21,22)23/h4-6,11,14-15H,7,9H2,1-3H3/t11-,14+,15-,18?,19?/m0/s1. The average molecular weight is 408 g/mol. The molecular weight excluding hydrogens is 389 g/mol. The molecule has 9 heteroatoms. The summed E-state index contributed by atoms with van der Waals surface area (Å²) in [4.78, 5) is 27.2. The number of nitrogens with zero attached hydrogens (tertiary/aromatic N) is 2. The molecule has 1 aromatic carbocycles. The largest absolute Gasteiger partial charge is 0.417 e. The lowest BCUT2D eigenvalue weighted by molar-refractivity contribution is -0.138. The van der Waals surface area contributed by atoms with Gasteiger partial charge in [-0.1, -0.05) is 0 Å². The van der Waals surface area contributed by atoms with E-state index in [-0.39, 0.29) is 11.6 Å². The van der Waals surface area contributed by atoms with Crippen molar-refractivity contribution < 1.29 is 32.2 Å². The summed E-state index contributed by atoms with van der Waals surface area (Å²) in [6.07, 6.45) is -4.26. The molecular formula is C20H19F3N2O4. The summed E-state index contributed by atoms with van der Waals surface area (Å²) in [6.45, 7) is 3.88. The van der Waals surface area contributed by atoms with Gasteiger partial charge < -0.3 is 9.47 Å². The summed E-state index contributed by atoms with van der Waals surface area (Å²) in [5, 5.41) is 8.97. The fraction of sp³-hybridized carbons (Fsp3) is 0.550. The molecule has 6 nitrogen and oxygen atoms in total. The van der Waals surface area contributed by atoms with E-state index in [1.165, 1.54) is 12.1 Å². The van der Waals surface area contributed by atoms with E-state index >= 15 is 0 Å².